The molecule has 2 aromatic carbocycles. The molecule has 0 spiro atoms. The molecule has 0 saturated heterocycles. The summed E-state index contributed by atoms with van der Waals surface area (Å²) in [6.07, 6.45) is 4.18. The highest BCUT2D eigenvalue weighted by molar-refractivity contribution is 5.79. The predicted octanol–water partition coefficient (Wildman–Crippen LogP) is 3.19. The number of fused-ring (bicyclic) bond motifs is 3. The van der Waals surface area contributed by atoms with E-state index in [1.807, 2.05) is 24.3 Å². The number of nitrogens with one attached hydrogen (secondary N) is 1. The number of alkyl carbamates (subject to hydrolysis) is 1. The van der Waals surface area contributed by atoms with Gasteiger partial charge >= 0.3 is 6.09 Å². The summed E-state index contributed by atoms with van der Waals surface area (Å²) in [7, 11) is 0. The van der Waals surface area contributed by atoms with Crippen molar-refractivity contribution in [1.82, 2.24) is 20.3 Å². The molecule has 1 fully saturated rings. The van der Waals surface area contributed by atoms with E-state index < -0.39 is 6.09 Å². The Hall–Kier alpha value is -3.19. The molecular weight excluding hydrogens is 380 g/mol. The van der Waals surface area contributed by atoms with Gasteiger partial charge in [0, 0.05) is 5.92 Å². The van der Waals surface area contributed by atoms with Gasteiger partial charge in [-0.05, 0) is 41.5 Å². The molecule has 5 rings (SSSR count). The van der Waals surface area contributed by atoms with Crippen LogP contribution < -0.4 is 5.32 Å². The summed E-state index contributed by atoms with van der Waals surface area (Å²) in [5, 5.41) is 20.6. The molecule has 0 radical (unpaired) electrons. The molecule has 0 aliphatic heterocycles. The van der Waals surface area contributed by atoms with Gasteiger partial charge in [-0.2, -0.15) is 0 Å². The first kappa shape index (κ1) is 18.8. The lowest BCUT2D eigenvalue weighted by Gasteiger charge is -2.39. The smallest absolute Gasteiger partial charge is 0.407 e. The molecule has 7 heteroatoms. The second kappa shape index (κ2) is 7.57. The second-order valence-corrected chi connectivity index (χ2v) is 8.07. The van der Waals surface area contributed by atoms with Gasteiger partial charge in [0.25, 0.3) is 0 Å². The molecule has 7 nitrogen and oxygen atoms in total. The maximum atomic E-state index is 12.3. The van der Waals surface area contributed by atoms with Gasteiger partial charge in [0.1, 0.15) is 12.3 Å². The minimum Gasteiger partial charge on any atom is -0.449 e. The van der Waals surface area contributed by atoms with Crippen LogP contribution in [0, 0.1) is 0 Å². The molecule has 2 N–H and O–H groups in total. The Balaban J connectivity index is 1.20. The fourth-order valence-corrected chi connectivity index (χ4v) is 4.47. The molecule has 0 atom stereocenters. The first-order chi connectivity index (χ1) is 14.7. The first-order valence-corrected chi connectivity index (χ1v) is 10.3. The van der Waals surface area contributed by atoms with Crippen LogP contribution in [0.5, 0.6) is 0 Å². The standard InChI is InChI=1S/C23H24N4O3/c28-15-23(10-5-11-23)27-13-16(25-26-27)12-24-22(29)30-14-21-19-8-3-1-6-17(19)18-7-2-4-9-20(18)21/h1-4,6-9,13,21,28H,5,10-12,14-15H2,(H,24,29). The van der Waals surface area contributed by atoms with Crippen molar-refractivity contribution in [3.05, 3.63) is 71.5 Å². The van der Waals surface area contributed by atoms with Crippen molar-refractivity contribution >= 4 is 6.09 Å². The predicted molar refractivity (Wildman–Crippen MR) is 111 cm³/mol. The van der Waals surface area contributed by atoms with E-state index in [4.69, 9.17) is 4.74 Å². The third-order valence-corrected chi connectivity index (χ3v) is 6.36. The molecule has 1 amide bonds. The number of hydrogen-bond donors (Lipinski definition) is 2. The lowest BCUT2D eigenvalue weighted by molar-refractivity contribution is 0.0421. The highest BCUT2D eigenvalue weighted by atomic mass is 16.5. The fraction of sp³-hybridized carbons (Fsp3) is 0.348. The van der Waals surface area contributed by atoms with E-state index in [9.17, 15) is 9.90 Å². The fourth-order valence-electron chi connectivity index (χ4n) is 4.47. The third-order valence-electron chi connectivity index (χ3n) is 6.36. The summed E-state index contributed by atoms with van der Waals surface area (Å²) in [6.45, 7) is 0.563. The third kappa shape index (κ3) is 3.15. The van der Waals surface area contributed by atoms with Crippen molar-refractivity contribution in [2.45, 2.75) is 37.3 Å². The van der Waals surface area contributed by atoms with E-state index in [0.29, 0.717) is 5.69 Å². The largest absolute Gasteiger partial charge is 0.449 e. The molecule has 1 heterocycles. The number of aliphatic hydroxyl groups excluding tert-OH is 1. The van der Waals surface area contributed by atoms with Crippen LogP contribution in [0.25, 0.3) is 11.1 Å². The van der Waals surface area contributed by atoms with Crippen LogP contribution in [0.2, 0.25) is 0 Å². The summed E-state index contributed by atoms with van der Waals surface area (Å²) < 4.78 is 7.27. The summed E-state index contributed by atoms with van der Waals surface area (Å²) >= 11 is 0. The van der Waals surface area contributed by atoms with Gasteiger partial charge in [-0.3, -0.25) is 0 Å². The van der Waals surface area contributed by atoms with E-state index in [1.54, 1.807) is 10.9 Å². The summed E-state index contributed by atoms with van der Waals surface area (Å²) in [6, 6.07) is 16.5. The normalized spacial score (nSPS) is 16.4. The number of hydrogen-bond acceptors (Lipinski definition) is 5. The van der Waals surface area contributed by atoms with Gasteiger partial charge in [0.15, 0.2) is 0 Å². The Morgan fingerprint density at radius 1 is 1.13 bits per heavy atom. The number of carbonyl (C=O) groups excluding carboxylic acids is 1. The zero-order chi connectivity index (χ0) is 20.6. The van der Waals surface area contributed by atoms with Crippen molar-refractivity contribution in [1.29, 1.82) is 0 Å². The Morgan fingerprint density at radius 3 is 2.40 bits per heavy atom. The molecule has 1 saturated carbocycles. The quantitative estimate of drug-likeness (QED) is 0.659. The van der Waals surface area contributed by atoms with Crippen LogP contribution in [-0.4, -0.2) is 39.4 Å². The molecule has 0 bridgehead atoms. The van der Waals surface area contributed by atoms with Crippen LogP contribution in [0.4, 0.5) is 4.79 Å². The maximum absolute atomic E-state index is 12.3. The van der Waals surface area contributed by atoms with E-state index in [1.165, 1.54) is 22.3 Å². The number of benzene rings is 2. The SMILES string of the molecule is O=C(NCc1cn(C2(CO)CCC2)nn1)OCC1c2ccccc2-c2ccccc21. The van der Waals surface area contributed by atoms with Crippen molar-refractivity contribution in [2.75, 3.05) is 13.2 Å². The molecule has 2 aliphatic carbocycles. The number of amides is 1. The number of nitrogens with zero attached hydrogens (tertiary/aromatic N) is 3. The monoisotopic (exact) mass is 404 g/mol. The van der Waals surface area contributed by atoms with E-state index in [-0.39, 0.29) is 31.2 Å². The van der Waals surface area contributed by atoms with E-state index in [2.05, 4.69) is 39.9 Å². The van der Waals surface area contributed by atoms with Crippen molar-refractivity contribution < 1.29 is 14.6 Å². The summed E-state index contributed by atoms with van der Waals surface area (Å²) in [4.78, 5) is 12.3. The van der Waals surface area contributed by atoms with Gasteiger partial charge in [0.2, 0.25) is 0 Å². The lowest BCUT2D eigenvalue weighted by atomic mass is 9.77. The molecule has 0 unspecified atom stereocenters. The number of rotatable bonds is 6. The zero-order valence-corrected chi connectivity index (χ0v) is 16.6. The number of ether oxygens (including phenoxy) is 1. The Bertz CT molecular complexity index is 1020. The highest BCUT2D eigenvalue weighted by Crippen LogP contribution is 2.44. The zero-order valence-electron chi connectivity index (χ0n) is 16.6. The Morgan fingerprint density at radius 2 is 1.80 bits per heavy atom. The molecular formula is C23H24N4O3. The van der Waals surface area contributed by atoms with Gasteiger partial charge in [-0.1, -0.05) is 53.7 Å². The summed E-state index contributed by atoms with van der Waals surface area (Å²) in [5.41, 5.74) is 5.09. The van der Waals surface area contributed by atoms with Crippen LogP contribution in [0.15, 0.2) is 54.7 Å². The highest BCUT2D eigenvalue weighted by Gasteiger charge is 2.39. The van der Waals surface area contributed by atoms with E-state index >= 15 is 0 Å². The molecule has 2 aliphatic rings. The summed E-state index contributed by atoms with van der Waals surface area (Å²) in [5.74, 6) is 0.0343. The van der Waals surface area contributed by atoms with Gasteiger partial charge in [0.05, 0.1) is 24.9 Å². The topological polar surface area (TPSA) is 89.3 Å². The Kier molecular flexibility index (Phi) is 4.75. The van der Waals surface area contributed by atoms with Gasteiger partial charge in [-0.15, -0.1) is 5.10 Å². The minimum atomic E-state index is -0.480. The second-order valence-electron chi connectivity index (χ2n) is 8.07. The molecule has 1 aromatic heterocycles. The Labute approximate surface area is 174 Å². The average Bonchev–Trinajstić information content (AvgIpc) is 3.34. The van der Waals surface area contributed by atoms with Crippen molar-refractivity contribution in [3.63, 3.8) is 0 Å². The van der Waals surface area contributed by atoms with Crippen LogP contribution >= 0.6 is 0 Å². The van der Waals surface area contributed by atoms with Crippen LogP contribution in [-0.2, 0) is 16.8 Å². The number of carbonyl (C=O) groups is 1. The average molecular weight is 404 g/mol. The number of aromatic nitrogens is 3. The van der Waals surface area contributed by atoms with Crippen LogP contribution in [0.1, 0.15) is 42.0 Å². The first-order valence-electron chi connectivity index (χ1n) is 10.3. The minimum absolute atomic E-state index is 0.0343. The molecule has 3 aromatic rings. The lowest BCUT2D eigenvalue weighted by Crippen LogP contribution is -2.44. The van der Waals surface area contributed by atoms with Gasteiger partial charge < -0.3 is 15.2 Å². The maximum Gasteiger partial charge on any atom is 0.407 e. The molecule has 30 heavy (non-hydrogen) atoms. The van der Waals surface area contributed by atoms with E-state index in [0.717, 1.165) is 19.3 Å². The number of aliphatic hydroxyl groups is 1. The van der Waals surface area contributed by atoms with Crippen molar-refractivity contribution in [2.24, 2.45) is 0 Å². The van der Waals surface area contributed by atoms with Gasteiger partial charge in [-0.25, -0.2) is 9.48 Å². The van der Waals surface area contributed by atoms with Crippen LogP contribution in [0.3, 0.4) is 0 Å². The molecule has 154 valence electrons. The van der Waals surface area contributed by atoms with Crippen molar-refractivity contribution in [3.8, 4) is 11.1 Å².